The lowest BCUT2D eigenvalue weighted by atomic mass is 10.2. The second-order valence-corrected chi connectivity index (χ2v) is 7.91. The largest absolute Gasteiger partial charge is 0.497 e. The van der Waals surface area contributed by atoms with Gasteiger partial charge in [0.2, 0.25) is 10.0 Å². The van der Waals surface area contributed by atoms with Crippen molar-refractivity contribution in [3.63, 3.8) is 0 Å². The van der Waals surface area contributed by atoms with Gasteiger partial charge in [0.15, 0.2) is 0 Å². The minimum absolute atomic E-state index is 0.00176. The van der Waals surface area contributed by atoms with Gasteiger partial charge in [0.05, 0.1) is 22.6 Å². The first-order chi connectivity index (χ1) is 11.8. The van der Waals surface area contributed by atoms with E-state index in [-0.39, 0.29) is 22.1 Å². The van der Waals surface area contributed by atoms with Crippen molar-refractivity contribution in [3.05, 3.63) is 58.6 Å². The van der Waals surface area contributed by atoms with Crippen molar-refractivity contribution >= 4 is 27.6 Å². The Labute approximate surface area is 152 Å². The topological polar surface area (TPSA) is 72.9 Å². The molecule has 0 amide bonds. The molecule has 0 N–H and O–H groups in total. The summed E-state index contributed by atoms with van der Waals surface area (Å²) in [6, 6.07) is 11.0. The molecule has 0 spiro atoms. The summed E-state index contributed by atoms with van der Waals surface area (Å²) in [5.41, 5.74) is 0.764. The number of carbonyl (C=O) groups is 1. The molecule has 0 heterocycles. The van der Waals surface area contributed by atoms with E-state index in [1.54, 1.807) is 31.4 Å². The van der Waals surface area contributed by atoms with E-state index in [0.717, 1.165) is 9.87 Å². The highest BCUT2D eigenvalue weighted by Crippen LogP contribution is 2.23. The number of nitrogens with zero attached hydrogens (tertiary/aromatic N) is 1. The Kier molecular flexibility index (Phi) is 6.05. The summed E-state index contributed by atoms with van der Waals surface area (Å²) < 4.78 is 35.7. The van der Waals surface area contributed by atoms with E-state index >= 15 is 0 Å². The number of benzene rings is 2. The maximum absolute atomic E-state index is 12.3. The molecule has 0 aliphatic heterocycles. The molecule has 0 aliphatic rings. The van der Waals surface area contributed by atoms with Crippen LogP contribution < -0.4 is 4.74 Å². The zero-order valence-electron chi connectivity index (χ0n) is 14.0. The fraction of sp³-hybridized carbons (Fsp3) is 0.235. The van der Waals surface area contributed by atoms with Gasteiger partial charge in [0.25, 0.3) is 0 Å². The molecule has 6 nitrogen and oxygen atoms in total. The zero-order chi connectivity index (χ0) is 18.6. The second-order valence-electron chi connectivity index (χ2n) is 5.35. The maximum Gasteiger partial charge on any atom is 0.340 e. The van der Waals surface area contributed by atoms with Gasteiger partial charge < -0.3 is 9.47 Å². The molecule has 2 aromatic rings. The normalized spacial score (nSPS) is 11.4. The third kappa shape index (κ3) is 4.50. The summed E-state index contributed by atoms with van der Waals surface area (Å²) in [5.74, 6) is -0.00339. The number of methoxy groups -OCH3 is 1. The van der Waals surface area contributed by atoms with E-state index in [4.69, 9.17) is 21.1 Å². The average molecular weight is 384 g/mol. The highest BCUT2D eigenvalue weighted by Gasteiger charge is 2.21. The lowest BCUT2D eigenvalue weighted by Crippen LogP contribution is -2.22. The molecule has 2 aromatic carbocycles. The molecule has 0 fully saturated rings. The molecular formula is C17H18ClNO5S. The maximum atomic E-state index is 12.3. The van der Waals surface area contributed by atoms with Gasteiger partial charge in [0.1, 0.15) is 12.4 Å². The molecule has 0 unspecified atom stereocenters. The molecule has 0 aromatic heterocycles. The Balaban J connectivity index is 2.18. The first kappa shape index (κ1) is 19.2. The summed E-state index contributed by atoms with van der Waals surface area (Å²) in [7, 11) is 0.707. The summed E-state index contributed by atoms with van der Waals surface area (Å²) >= 11 is 6.02. The standard InChI is InChI=1S/C17H18ClNO5S/c1-19(2)25(21,22)14-8-9-16(18)15(10-14)17(20)24-11-12-4-6-13(23-3)7-5-12/h4-10H,11H2,1-3H3. The number of hydrogen-bond acceptors (Lipinski definition) is 5. The van der Waals surface area contributed by atoms with Crippen molar-refractivity contribution in [2.75, 3.05) is 21.2 Å². The third-order valence-corrected chi connectivity index (χ3v) is 5.61. The van der Waals surface area contributed by atoms with E-state index in [9.17, 15) is 13.2 Å². The molecular weight excluding hydrogens is 366 g/mol. The molecule has 0 radical (unpaired) electrons. The van der Waals surface area contributed by atoms with E-state index in [0.29, 0.717) is 5.75 Å². The van der Waals surface area contributed by atoms with Crippen LogP contribution in [0.3, 0.4) is 0 Å². The van der Waals surface area contributed by atoms with Crippen LogP contribution in [-0.2, 0) is 21.4 Å². The van der Waals surface area contributed by atoms with Gasteiger partial charge in [-0.2, -0.15) is 0 Å². The van der Waals surface area contributed by atoms with Crippen LogP contribution in [0.1, 0.15) is 15.9 Å². The van der Waals surface area contributed by atoms with Gasteiger partial charge in [-0.15, -0.1) is 0 Å². The number of carbonyl (C=O) groups excluding carboxylic acids is 1. The van der Waals surface area contributed by atoms with Crippen molar-refractivity contribution in [1.82, 2.24) is 4.31 Å². The predicted octanol–water partition coefficient (Wildman–Crippen LogP) is 2.96. The number of esters is 1. The monoisotopic (exact) mass is 383 g/mol. The van der Waals surface area contributed by atoms with E-state index in [2.05, 4.69) is 0 Å². The van der Waals surface area contributed by atoms with Crippen molar-refractivity contribution in [2.24, 2.45) is 0 Å². The van der Waals surface area contributed by atoms with Gasteiger partial charge in [-0.05, 0) is 35.9 Å². The van der Waals surface area contributed by atoms with Crippen molar-refractivity contribution < 1.29 is 22.7 Å². The Morgan fingerprint density at radius 1 is 1.12 bits per heavy atom. The molecule has 8 heteroatoms. The van der Waals surface area contributed by atoms with Crippen LogP contribution >= 0.6 is 11.6 Å². The molecule has 0 bridgehead atoms. The quantitative estimate of drug-likeness (QED) is 0.717. The fourth-order valence-electron chi connectivity index (χ4n) is 1.98. The van der Waals surface area contributed by atoms with Crippen LogP contribution in [0.25, 0.3) is 0 Å². The number of rotatable bonds is 6. The molecule has 0 aliphatic carbocycles. The Morgan fingerprint density at radius 2 is 1.76 bits per heavy atom. The van der Waals surface area contributed by atoms with Crippen LogP contribution in [0.15, 0.2) is 47.4 Å². The lowest BCUT2D eigenvalue weighted by molar-refractivity contribution is 0.0472. The third-order valence-electron chi connectivity index (χ3n) is 3.47. The molecule has 2 rings (SSSR count). The number of sulfonamides is 1. The van der Waals surface area contributed by atoms with Crippen LogP contribution in [0.5, 0.6) is 5.75 Å². The van der Waals surface area contributed by atoms with E-state index in [1.165, 1.54) is 32.3 Å². The van der Waals surface area contributed by atoms with Crippen LogP contribution in [0.4, 0.5) is 0 Å². The Bertz CT molecular complexity index is 863. The van der Waals surface area contributed by atoms with Crippen LogP contribution in [0.2, 0.25) is 5.02 Å². The minimum atomic E-state index is -3.67. The van der Waals surface area contributed by atoms with Gasteiger partial charge in [-0.3, -0.25) is 0 Å². The molecule has 25 heavy (non-hydrogen) atoms. The smallest absolute Gasteiger partial charge is 0.340 e. The van der Waals surface area contributed by atoms with Gasteiger partial charge in [-0.25, -0.2) is 17.5 Å². The summed E-state index contributed by atoms with van der Waals surface area (Å²) in [6.45, 7) is 0.0316. The van der Waals surface area contributed by atoms with Crippen molar-refractivity contribution in [2.45, 2.75) is 11.5 Å². The second kappa shape index (κ2) is 7.86. The van der Waals surface area contributed by atoms with E-state index in [1.807, 2.05) is 0 Å². The number of ether oxygens (including phenoxy) is 2. The Morgan fingerprint density at radius 3 is 2.32 bits per heavy atom. The highest BCUT2D eigenvalue weighted by molar-refractivity contribution is 7.89. The first-order valence-corrected chi connectivity index (χ1v) is 9.09. The van der Waals surface area contributed by atoms with Gasteiger partial charge in [-0.1, -0.05) is 23.7 Å². The first-order valence-electron chi connectivity index (χ1n) is 7.28. The van der Waals surface area contributed by atoms with Crippen LogP contribution in [0, 0.1) is 0 Å². The van der Waals surface area contributed by atoms with E-state index < -0.39 is 16.0 Å². The number of hydrogen-bond donors (Lipinski definition) is 0. The van der Waals surface area contributed by atoms with Crippen molar-refractivity contribution in [3.8, 4) is 5.75 Å². The summed E-state index contributed by atoms with van der Waals surface area (Å²) in [5, 5.41) is 0.123. The summed E-state index contributed by atoms with van der Waals surface area (Å²) in [4.78, 5) is 12.2. The summed E-state index contributed by atoms with van der Waals surface area (Å²) in [6.07, 6.45) is 0. The Hall–Kier alpha value is -2.09. The van der Waals surface area contributed by atoms with Crippen LogP contribution in [-0.4, -0.2) is 39.9 Å². The molecule has 134 valence electrons. The number of halogens is 1. The van der Waals surface area contributed by atoms with Gasteiger partial charge >= 0.3 is 5.97 Å². The highest BCUT2D eigenvalue weighted by atomic mass is 35.5. The molecule has 0 atom stereocenters. The SMILES string of the molecule is COc1ccc(COC(=O)c2cc(S(=O)(=O)N(C)C)ccc2Cl)cc1. The molecule has 0 saturated heterocycles. The van der Waals surface area contributed by atoms with Crippen molar-refractivity contribution in [1.29, 1.82) is 0 Å². The lowest BCUT2D eigenvalue weighted by Gasteiger charge is -2.13. The zero-order valence-corrected chi connectivity index (χ0v) is 15.6. The average Bonchev–Trinajstić information content (AvgIpc) is 2.60. The molecule has 0 saturated carbocycles. The fourth-order valence-corrected chi connectivity index (χ4v) is 3.10. The van der Waals surface area contributed by atoms with Gasteiger partial charge in [0, 0.05) is 14.1 Å². The predicted molar refractivity (Wildman–Crippen MR) is 94.4 cm³/mol. The minimum Gasteiger partial charge on any atom is -0.497 e.